The molecule has 1 unspecified atom stereocenters. The molecule has 11 nitrogen and oxygen atoms in total. The third-order valence-corrected chi connectivity index (χ3v) is 6.78. The van der Waals surface area contributed by atoms with Crippen LogP contribution in [0.1, 0.15) is 30.0 Å². The van der Waals surface area contributed by atoms with E-state index in [0.717, 1.165) is 12.6 Å². The van der Waals surface area contributed by atoms with E-state index in [2.05, 4.69) is 15.5 Å². The summed E-state index contributed by atoms with van der Waals surface area (Å²) in [5.41, 5.74) is 1.33. The summed E-state index contributed by atoms with van der Waals surface area (Å²) in [6.45, 7) is 4.33. The van der Waals surface area contributed by atoms with Gasteiger partial charge in [0.15, 0.2) is 11.3 Å². The summed E-state index contributed by atoms with van der Waals surface area (Å²) in [4.78, 5) is 35.8. The lowest BCUT2D eigenvalue weighted by atomic mass is 10.2. The van der Waals surface area contributed by atoms with Gasteiger partial charge in [-0.25, -0.2) is 17.9 Å². The van der Waals surface area contributed by atoms with Crippen molar-refractivity contribution in [3.8, 4) is 5.69 Å². The number of carbonyl (C=O) groups excluding carboxylic acids is 3. The molecular formula is C22H23N5O6S2. The summed E-state index contributed by atoms with van der Waals surface area (Å²) in [5.74, 6) is -1.29. The van der Waals surface area contributed by atoms with Crippen LogP contribution in [0.3, 0.4) is 0 Å². The monoisotopic (exact) mass is 517 g/mol. The number of anilines is 1. The van der Waals surface area contributed by atoms with E-state index >= 15 is 0 Å². The molecule has 0 radical (unpaired) electrons. The van der Waals surface area contributed by atoms with Crippen LogP contribution in [0.4, 0.5) is 5.69 Å². The lowest BCUT2D eigenvalue weighted by Crippen LogP contribution is -2.30. The minimum absolute atomic E-state index is 0.139. The van der Waals surface area contributed by atoms with Gasteiger partial charge in [0.1, 0.15) is 5.82 Å². The van der Waals surface area contributed by atoms with Gasteiger partial charge in [-0.15, -0.1) is 10.2 Å². The fourth-order valence-electron chi connectivity index (χ4n) is 3.01. The SMILES string of the molecule is CSc1nnc(C)n1-c1ccc(C(=O)OC(C)C(=O)Nc2ccc(S(=O)(=O)NC(C)=O)cc2)cc1. The van der Waals surface area contributed by atoms with E-state index in [9.17, 15) is 22.8 Å². The number of carbonyl (C=O) groups is 3. The highest BCUT2D eigenvalue weighted by Gasteiger charge is 2.20. The number of rotatable bonds is 8. The van der Waals surface area contributed by atoms with Gasteiger partial charge in [-0.05, 0) is 68.6 Å². The van der Waals surface area contributed by atoms with E-state index in [1.54, 1.807) is 24.3 Å². The van der Waals surface area contributed by atoms with E-state index in [-0.39, 0.29) is 16.1 Å². The average Bonchev–Trinajstić information content (AvgIpc) is 3.19. The second-order valence-corrected chi connectivity index (χ2v) is 9.79. The van der Waals surface area contributed by atoms with Crippen LogP contribution >= 0.6 is 11.8 Å². The van der Waals surface area contributed by atoms with Crippen LogP contribution in [-0.4, -0.2) is 53.3 Å². The molecule has 13 heteroatoms. The predicted octanol–water partition coefficient (Wildman–Crippen LogP) is 2.31. The lowest BCUT2D eigenvalue weighted by Gasteiger charge is -2.14. The van der Waals surface area contributed by atoms with Crippen molar-refractivity contribution in [2.75, 3.05) is 11.6 Å². The van der Waals surface area contributed by atoms with Crippen molar-refractivity contribution in [1.82, 2.24) is 19.5 Å². The van der Waals surface area contributed by atoms with Crippen LogP contribution in [0, 0.1) is 6.92 Å². The Hall–Kier alpha value is -3.71. The summed E-state index contributed by atoms with van der Waals surface area (Å²) in [6.07, 6.45) is 0.772. The van der Waals surface area contributed by atoms with Gasteiger partial charge in [0, 0.05) is 18.3 Å². The van der Waals surface area contributed by atoms with Crippen molar-refractivity contribution in [3.05, 3.63) is 59.9 Å². The zero-order valence-electron chi connectivity index (χ0n) is 19.3. The summed E-state index contributed by atoms with van der Waals surface area (Å²) in [6, 6.07) is 11.8. The topological polar surface area (TPSA) is 149 Å². The smallest absolute Gasteiger partial charge is 0.338 e. The Morgan fingerprint density at radius 3 is 2.23 bits per heavy atom. The van der Waals surface area contributed by atoms with Crippen LogP contribution < -0.4 is 10.0 Å². The second-order valence-electron chi connectivity index (χ2n) is 7.34. The maximum absolute atomic E-state index is 12.5. The number of nitrogens with zero attached hydrogens (tertiary/aromatic N) is 3. The van der Waals surface area contributed by atoms with Crippen LogP contribution in [0.25, 0.3) is 5.69 Å². The number of aromatic nitrogens is 3. The van der Waals surface area contributed by atoms with E-state index in [1.807, 2.05) is 22.5 Å². The standard InChI is InChI=1S/C22H23N5O6S2/c1-13(20(29)23-17-7-11-19(12-8-17)35(31,32)26-15(3)28)33-21(30)16-5-9-18(10-6-16)27-14(2)24-25-22(27)34-4/h5-13H,1-4H3,(H,23,29)(H,26,28). The third-order valence-electron chi connectivity index (χ3n) is 4.70. The van der Waals surface area contributed by atoms with Crippen molar-refractivity contribution in [2.45, 2.75) is 36.9 Å². The van der Waals surface area contributed by atoms with E-state index in [4.69, 9.17) is 4.74 Å². The van der Waals surface area contributed by atoms with Gasteiger partial charge in [0.05, 0.1) is 10.5 Å². The molecule has 3 aromatic rings. The number of amides is 2. The minimum atomic E-state index is -3.98. The molecule has 35 heavy (non-hydrogen) atoms. The second kappa shape index (κ2) is 10.7. The minimum Gasteiger partial charge on any atom is -0.449 e. The van der Waals surface area contributed by atoms with Crippen LogP contribution in [0.5, 0.6) is 0 Å². The molecule has 0 fully saturated rings. The number of thioether (sulfide) groups is 1. The van der Waals surface area contributed by atoms with Crippen LogP contribution in [0.15, 0.2) is 58.6 Å². The molecule has 1 atom stereocenters. The fourth-order valence-corrected chi connectivity index (χ4v) is 4.54. The summed E-state index contributed by atoms with van der Waals surface area (Å²) < 4.78 is 32.9. The molecule has 0 aliphatic rings. The number of sulfonamides is 1. The van der Waals surface area contributed by atoms with Crippen molar-refractivity contribution in [1.29, 1.82) is 0 Å². The Morgan fingerprint density at radius 1 is 1.03 bits per heavy atom. The number of nitrogens with one attached hydrogen (secondary N) is 2. The number of hydrogen-bond acceptors (Lipinski definition) is 9. The number of hydrogen-bond donors (Lipinski definition) is 2. The highest BCUT2D eigenvalue weighted by Crippen LogP contribution is 2.20. The van der Waals surface area contributed by atoms with E-state index < -0.39 is 33.9 Å². The van der Waals surface area contributed by atoms with Crippen molar-refractivity contribution in [3.63, 3.8) is 0 Å². The van der Waals surface area contributed by atoms with Gasteiger partial charge in [-0.2, -0.15) is 0 Å². The van der Waals surface area contributed by atoms with Gasteiger partial charge >= 0.3 is 5.97 Å². The first-order chi connectivity index (χ1) is 16.5. The predicted molar refractivity (Wildman–Crippen MR) is 129 cm³/mol. The van der Waals surface area contributed by atoms with Gasteiger partial charge in [-0.1, -0.05) is 11.8 Å². The van der Waals surface area contributed by atoms with Gasteiger partial charge in [0.25, 0.3) is 15.9 Å². The van der Waals surface area contributed by atoms with Gasteiger partial charge in [-0.3, -0.25) is 14.2 Å². The molecule has 0 saturated heterocycles. The molecule has 0 aliphatic carbocycles. The normalized spacial score (nSPS) is 12.0. The summed E-state index contributed by atoms with van der Waals surface area (Å²) >= 11 is 1.44. The third kappa shape index (κ3) is 6.25. The number of benzene rings is 2. The zero-order chi connectivity index (χ0) is 25.8. The Kier molecular flexibility index (Phi) is 7.92. The van der Waals surface area contributed by atoms with Gasteiger partial charge < -0.3 is 10.1 Å². The highest BCUT2D eigenvalue weighted by molar-refractivity contribution is 7.98. The molecule has 0 saturated carbocycles. The maximum Gasteiger partial charge on any atom is 0.338 e. The molecule has 184 valence electrons. The van der Waals surface area contributed by atoms with Crippen molar-refractivity contribution in [2.24, 2.45) is 0 Å². The largest absolute Gasteiger partial charge is 0.449 e. The van der Waals surface area contributed by atoms with Crippen molar-refractivity contribution >= 4 is 45.3 Å². The molecule has 0 spiro atoms. The van der Waals surface area contributed by atoms with Crippen molar-refractivity contribution < 1.29 is 27.5 Å². The average molecular weight is 518 g/mol. The first-order valence-corrected chi connectivity index (χ1v) is 12.9. The Morgan fingerprint density at radius 2 is 1.66 bits per heavy atom. The molecule has 2 amide bonds. The number of ether oxygens (including phenoxy) is 1. The molecule has 2 N–H and O–H groups in total. The Bertz CT molecular complexity index is 1350. The molecule has 2 aromatic carbocycles. The number of esters is 1. The highest BCUT2D eigenvalue weighted by atomic mass is 32.2. The number of aryl methyl sites for hydroxylation is 1. The molecule has 0 bridgehead atoms. The van der Waals surface area contributed by atoms with Gasteiger partial charge in [0.2, 0.25) is 5.91 Å². The molecule has 1 aromatic heterocycles. The van der Waals surface area contributed by atoms with Crippen LogP contribution in [0.2, 0.25) is 0 Å². The lowest BCUT2D eigenvalue weighted by molar-refractivity contribution is -0.123. The zero-order valence-corrected chi connectivity index (χ0v) is 20.9. The Labute approximate surface area is 206 Å². The summed E-state index contributed by atoms with van der Waals surface area (Å²) in [7, 11) is -3.98. The fraction of sp³-hybridized carbons (Fsp3) is 0.227. The molecular weight excluding hydrogens is 494 g/mol. The quantitative estimate of drug-likeness (QED) is 0.339. The van der Waals surface area contributed by atoms with E-state index in [1.165, 1.54) is 43.0 Å². The molecule has 1 heterocycles. The first kappa shape index (κ1) is 25.9. The molecule has 0 aliphatic heterocycles. The Balaban J connectivity index is 1.62. The van der Waals surface area contributed by atoms with E-state index in [0.29, 0.717) is 11.0 Å². The maximum atomic E-state index is 12.5. The first-order valence-electron chi connectivity index (χ1n) is 10.2. The van der Waals surface area contributed by atoms with Crippen LogP contribution in [-0.2, 0) is 24.3 Å². The molecule has 3 rings (SSSR count). The summed E-state index contributed by atoms with van der Waals surface area (Å²) in [5, 5.41) is 11.4.